The molecule has 0 spiro atoms. The van der Waals surface area contributed by atoms with Crippen LogP contribution in [0.25, 0.3) is 0 Å². The minimum atomic E-state index is -1.24. The molecular formula is C29H44Br4O5. The van der Waals surface area contributed by atoms with E-state index in [4.69, 9.17) is 4.74 Å². The first kappa shape index (κ1) is 36.1. The fraction of sp³-hybridized carbons (Fsp3) is 0.724. The Morgan fingerprint density at radius 1 is 0.684 bits per heavy atom. The van der Waals surface area contributed by atoms with E-state index in [-0.39, 0.29) is 15.6 Å². The number of benzene rings is 1. The minimum absolute atomic E-state index is 0.0634. The molecule has 0 aliphatic rings. The van der Waals surface area contributed by atoms with Crippen molar-refractivity contribution in [3.05, 3.63) is 29.0 Å². The summed E-state index contributed by atoms with van der Waals surface area (Å²) in [6.45, 7) is 3.92. The molecule has 2 atom stereocenters. The van der Waals surface area contributed by atoms with Gasteiger partial charge in [-0.2, -0.15) is 0 Å². The van der Waals surface area contributed by atoms with Gasteiger partial charge in [0.25, 0.3) is 0 Å². The van der Waals surface area contributed by atoms with E-state index in [1.54, 1.807) is 6.92 Å². The number of ether oxygens (including phenoxy) is 1. The zero-order valence-electron chi connectivity index (χ0n) is 22.8. The van der Waals surface area contributed by atoms with E-state index >= 15 is 0 Å². The first-order valence-electron chi connectivity index (χ1n) is 14.1. The van der Waals surface area contributed by atoms with E-state index in [1.807, 2.05) is 0 Å². The Bertz CT molecular complexity index is 860. The van der Waals surface area contributed by atoms with Crippen molar-refractivity contribution >= 4 is 75.7 Å². The summed E-state index contributed by atoms with van der Waals surface area (Å²) in [5, 5.41) is 19.7. The number of hydrogen-bond donors (Lipinski definition) is 2. The van der Waals surface area contributed by atoms with Crippen molar-refractivity contribution in [2.45, 2.75) is 135 Å². The Morgan fingerprint density at radius 3 is 1.47 bits per heavy atom. The lowest BCUT2D eigenvalue weighted by atomic mass is 10.0. The third-order valence-electron chi connectivity index (χ3n) is 6.69. The Morgan fingerprint density at radius 2 is 1.08 bits per heavy atom. The molecule has 0 aliphatic carbocycles. The molecule has 38 heavy (non-hydrogen) atoms. The number of carbonyl (C=O) groups is 2. The number of hydrogen-bond acceptors (Lipinski definition) is 4. The predicted octanol–water partition coefficient (Wildman–Crippen LogP) is 11.0. The monoisotopic (exact) mass is 788 g/mol. The van der Waals surface area contributed by atoms with Gasteiger partial charge in [-0.15, -0.1) is 0 Å². The van der Waals surface area contributed by atoms with E-state index < -0.39 is 24.1 Å². The number of aliphatic hydroxyl groups excluding tert-OH is 1. The van der Waals surface area contributed by atoms with Gasteiger partial charge in [-0.1, -0.05) is 96.8 Å². The summed E-state index contributed by atoms with van der Waals surface area (Å²) in [6.07, 6.45) is 19.0. The second-order valence-corrected chi connectivity index (χ2v) is 13.3. The molecule has 0 saturated heterocycles. The van der Waals surface area contributed by atoms with Crippen LogP contribution in [0.3, 0.4) is 0 Å². The van der Waals surface area contributed by atoms with Gasteiger partial charge in [0.05, 0.1) is 17.2 Å². The van der Waals surface area contributed by atoms with Crippen LogP contribution in [0, 0.1) is 0 Å². The molecule has 2 N–H and O–H groups in total. The molecule has 0 aromatic heterocycles. The molecule has 0 radical (unpaired) electrons. The molecular weight excluding hydrogens is 748 g/mol. The molecule has 1 aromatic rings. The number of carbonyl (C=O) groups excluding carboxylic acids is 1. The highest BCUT2D eigenvalue weighted by Gasteiger charge is 2.30. The van der Waals surface area contributed by atoms with Crippen LogP contribution in [0.5, 0.6) is 0 Å². The largest absolute Gasteiger partial charge is 0.478 e. The van der Waals surface area contributed by atoms with Gasteiger partial charge in [0.1, 0.15) is 6.10 Å². The summed E-state index contributed by atoms with van der Waals surface area (Å²) in [6, 6.07) is 0. The van der Waals surface area contributed by atoms with Crippen LogP contribution in [0.15, 0.2) is 17.9 Å². The molecule has 0 bridgehead atoms. The summed E-state index contributed by atoms with van der Waals surface area (Å²) in [4.78, 5) is 25.0. The Labute approximate surface area is 262 Å². The molecule has 9 heteroatoms. The molecule has 5 nitrogen and oxygen atoms in total. The first-order chi connectivity index (χ1) is 18.1. The highest BCUT2D eigenvalue weighted by Crippen LogP contribution is 2.42. The molecule has 2 unspecified atom stereocenters. The summed E-state index contributed by atoms with van der Waals surface area (Å²) >= 11 is 13.3. The van der Waals surface area contributed by atoms with Crippen LogP contribution in [0.1, 0.15) is 144 Å². The van der Waals surface area contributed by atoms with Gasteiger partial charge in [-0.05, 0) is 83.5 Å². The number of halogens is 4. The number of aromatic carboxylic acids is 1. The molecule has 0 fully saturated rings. The summed E-state index contributed by atoms with van der Waals surface area (Å²) < 4.78 is 7.29. The van der Waals surface area contributed by atoms with Gasteiger partial charge in [0.15, 0.2) is 0 Å². The molecule has 0 aliphatic heterocycles. The van der Waals surface area contributed by atoms with Gasteiger partial charge in [0.2, 0.25) is 0 Å². The fourth-order valence-corrected chi connectivity index (χ4v) is 7.03. The van der Waals surface area contributed by atoms with Gasteiger partial charge < -0.3 is 14.9 Å². The number of carboxylic acid groups (broad SMARTS) is 1. The lowest BCUT2D eigenvalue weighted by molar-refractivity contribution is 0.0133. The molecule has 1 rings (SSSR count). The van der Waals surface area contributed by atoms with Crippen molar-refractivity contribution in [1.82, 2.24) is 0 Å². The molecule has 0 amide bonds. The second-order valence-electron chi connectivity index (χ2n) is 10.2. The number of aliphatic hydroxyl groups is 1. The number of rotatable bonds is 21. The lowest BCUT2D eigenvalue weighted by Gasteiger charge is -2.21. The van der Waals surface area contributed by atoms with E-state index in [1.165, 1.54) is 77.0 Å². The number of unbranched alkanes of at least 4 members (excludes halogenated alkanes) is 14. The minimum Gasteiger partial charge on any atom is -0.478 e. The average Bonchev–Trinajstić information content (AvgIpc) is 2.86. The maximum absolute atomic E-state index is 13.1. The number of esters is 1. The van der Waals surface area contributed by atoms with Crippen LogP contribution in [0.2, 0.25) is 0 Å². The van der Waals surface area contributed by atoms with Crippen molar-refractivity contribution in [1.29, 1.82) is 0 Å². The Balaban J connectivity index is 2.43. The maximum Gasteiger partial charge on any atom is 0.340 e. The Kier molecular flexibility index (Phi) is 19.8. The van der Waals surface area contributed by atoms with Crippen LogP contribution >= 0.6 is 63.7 Å². The second kappa shape index (κ2) is 20.8. The molecule has 0 heterocycles. The average molecular weight is 792 g/mol. The van der Waals surface area contributed by atoms with Gasteiger partial charge in [-0.3, -0.25) is 0 Å². The standard InChI is InChI=1S/C29H44Br4O5/c1-3-4-5-6-7-8-9-10-11-12-13-14-15-16-17-18-21(19-20(2)34)38-29(37)23-22(28(35)36)24(30)26(32)27(33)25(23)31/h20-21,34H,3-19H2,1-2H3,(H,35,36). The molecule has 218 valence electrons. The summed E-state index contributed by atoms with van der Waals surface area (Å²) in [5.74, 6) is -1.97. The van der Waals surface area contributed by atoms with E-state index in [0.29, 0.717) is 26.3 Å². The molecule has 0 saturated carbocycles. The molecule has 1 aromatic carbocycles. The van der Waals surface area contributed by atoms with E-state index in [9.17, 15) is 19.8 Å². The van der Waals surface area contributed by atoms with Gasteiger partial charge in [-0.25, -0.2) is 9.59 Å². The Hall–Kier alpha value is 0.0400. The highest BCUT2D eigenvalue weighted by atomic mass is 79.9. The van der Waals surface area contributed by atoms with E-state index in [2.05, 4.69) is 70.6 Å². The zero-order chi connectivity index (χ0) is 28.5. The SMILES string of the molecule is CCCCCCCCCCCCCCCCCC(CC(C)O)OC(=O)c1c(Br)c(Br)c(Br)c(Br)c1C(=O)O. The maximum atomic E-state index is 13.1. The summed E-state index contributed by atoms with van der Waals surface area (Å²) in [5.41, 5.74) is -0.244. The smallest absolute Gasteiger partial charge is 0.340 e. The summed E-state index contributed by atoms with van der Waals surface area (Å²) in [7, 11) is 0. The van der Waals surface area contributed by atoms with Crippen molar-refractivity contribution in [2.24, 2.45) is 0 Å². The first-order valence-corrected chi connectivity index (χ1v) is 17.3. The normalized spacial score (nSPS) is 12.9. The third-order valence-corrected chi connectivity index (χ3v) is 11.5. The van der Waals surface area contributed by atoms with Crippen molar-refractivity contribution in [3.8, 4) is 0 Å². The van der Waals surface area contributed by atoms with Crippen LogP contribution in [-0.2, 0) is 4.74 Å². The predicted molar refractivity (Wildman–Crippen MR) is 169 cm³/mol. The van der Waals surface area contributed by atoms with E-state index in [0.717, 1.165) is 19.3 Å². The van der Waals surface area contributed by atoms with Crippen molar-refractivity contribution < 1.29 is 24.5 Å². The van der Waals surface area contributed by atoms with Gasteiger partial charge >= 0.3 is 11.9 Å². The number of carboxylic acids is 1. The van der Waals surface area contributed by atoms with Gasteiger partial charge in [0, 0.05) is 24.3 Å². The lowest BCUT2D eigenvalue weighted by Crippen LogP contribution is -2.24. The van der Waals surface area contributed by atoms with Crippen molar-refractivity contribution in [2.75, 3.05) is 0 Å². The quantitative estimate of drug-likeness (QED) is 0.0561. The van der Waals surface area contributed by atoms with Crippen LogP contribution in [0.4, 0.5) is 0 Å². The van der Waals surface area contributed by atoms with Crippen LogP contribution < -0.4 is 0 Å². The van der Waals surface area contributed by atoms with Crippen molar-refractivity contribution in [3.63, 3.8) is 0 Å². The third kappa shape index (κ3) is 13.6. The fourth-order valence-electron chi connectivity index (χ4n) is 4.58. The topological polar surface area (TPSA) is 83.8 Å². The zero-order valence-corrected chi connectivity index (χ0v) is 29.2. The highest BCUT2D eigenvalue weighted by molar-refractivity contribution is 9.15. The van der Waals surface area contributed by atoms with Crippen LogP contribution in [-0.4, -0.2) is 34.4 Å².